The second-order valence-electron chi connectivity index (χ2n) is 10.8. The summed E-state index contributed by atoms with van der Waals surface area (Å²) in [6.45, 7) is 2.30. The van der Waals surface area contributed by atoms with Crippen molar-refractivity contribution in [2.75, 3.05) is 0 Å². The second kappa shape index (κ2) is 15.0. The molecule has 0 fully saturated rings. The molecular weight excluding hydrogens is 434 g/mol. The van der Waals surface area contributed by atoms with Crippen LogP contribution in [0.3, 0.4) is 0 Å². The molecular formula is C35H47N. The maximum absolute atomic E-state index is 5.09. The van der Waals surface area contributed by atoms with Crippen molar-refractivity contribution in [3.8, 4) is 0 Å². The van der Waals surface area contributed by atoms with E-state index in [1.54, 1.807) is 0 Å². The first kappa shape index (κ1) is 26.6. The summed E-state index contributed by atoms with van der Waals surface area (Å²) >= 11 is 0. The Morgan fingerprint density at radius 2 is 1.00 bits per heavy atom. The van der Waals surface area contributed by atoms with Crippen molar-refractivity contribution in [3.63, 3.8) is 0 Å². The van der Waals surface area contributed by atoms with Gasteiger partial charge < -0.3 is 0 Å². The number of nitrogens with zero attached hydrogens (tertiary/aromatic N) is 1. The van der Waals surface area contributed by atoms with Gasteiger partial charge in [0.15, 0.2) is 0 Å². The highest BCUT2D eigenvalue weighted by molar-refractivity contribution is 6.10. The molecule has 0 unspecified atom stereocenters. The van der Waals surface area contributed by atoms with E-state index in [-0.39, 0.29) is 0 Å². The van der Waals surface area contributed by atoms with Crippen molar-refractivity contribution in [2.24, 2.45) is 0 Å². The highest BCUT2D eigenvalue weighted by Crippen LogP contribution is 2.32. The van der Waals surface area contributed by atoms with Gasteiger partial charge in [-0.3, -0.25) is 0 Å². The van der Waals surface area contributed by atoms with Crippen molar-refractivity contribution in [1.29, 1.82) is 0 Å². The Bertz CT molecular complexity index is 1190. The van der Waals surface area contributed by atoms with E-state index in [9.17, 15) is 0 Å². The number of fused-ring (bicyclic) bond motifs is 4. The van der Waals surface area contributed by atoms with Gasteiger partial charge in [-0.05, 0) is 29.9 Å². The van der Waals surface area contributed by atoms with Gasteiger partial charge in [0.25, 0.3) is 0 Å². The van der Waals surface area contributed by atoms with E-state index in [1.807, 2.05) is 0 Å². The molecule has 0 bridgehead atoms. The topological polar surface area (TPSA) is 12.9 Å². The predicted molar refractivity (Wildman–Crippen MR) is 160 cm³/mol. The number of pyridine rings is 1. The van der Waals surface area contributed by atoms with Gasteiger partial charge in [0.1, 0.15) is 0 Å². The van der Waals surface area contributed by atoms with Crippen LogP contribution in [0, 0.1) is 0 Å². The average molecular weight is 482 g/mol. The van der Waals surface area contributed by atoms with E-state index in [0.717, 1.165) is 11.9 Å². The van der Waals surface area contributed by atoms with Gasteiger partial charge in [0.05, 0.1) is 11.0 Å². The Morgan fingerprint density at radius 1 is 0.472 bits per heavy atom. The summed E-state index contributed by atoms with van der Waals surface area (Å²) in [7, 11) is 0. The van der Waals surface area contributed by atoms with E-state index in [2.05, 4.69) is 67.6 Å². The quantitative estimate of drug-likeness (QED) is 0.0830. The van der Waals surface area contributed by atoms with Gasteiger partial charge in [-0.1, -0.05) is 158 Å². The zero-order valence-corrected chi connectivity index (χ0v) is 22.7. The average Bonchev–Trinajstić information content (AvgIpc) is 2.92. The van der Waals surface area contributed by atoms with E-state index < -0.39 is 0 Å². The molecule has 1 heteroatoms. The minimum absolute atomic E-state index is 1.13. The molecule has 0 spiro atoms. The maximum atomic E-state index is 5.09. The zero-order valence-electron chi connectivity index (χ0n) is 22.7. The van der Waals surface area contributed by atoms with Gasteiger partial charge in [-0.2, -0.15) is 0 Å². The third-order valence-electron chi connectivity index (χ3n) is 7.97. The Labute approximate surface area is 219 Å². The largest absolute Gasteiger partial charge is 0.247 e. The normalized spacial score (nSPS) is 11.7. The molecule has 0 aliphatic carbocycles. The van der Waals surface area contributed by atoms with Crippen LogP contribution >= 0.6 is 0 Å². The Hall–Kier alpha value is -2.41. The van der Waals surface area contributed by atoms with Crippen molar-refractivity contribution >= 4 is 32.6 Å². The third-order valence-corrected chi connectivity index (χ3v) is 7.97. The Kier molecular flexibility index (Phi) is 11.1. The van der Waals surface area contributed by atoms with E-state index >= 15 is 0 Å². The number of hydrogen-bond acceptors (Lipinski definition) is 1. The van der Waals surface area contributed by atoms with Crippen LogP contribution in [-0.4, -0.2) is 4.98 Å². The number of aromatic nitrogens is 1. The lowest BCUT2D eigenvalue weighted by atomic mass is 9.95. The second-order valence-corrected chi connectivity index (χ2v) is 10.8. The van der Waals surface area contributed by atoms with Crippen LogP contribution < -0.4 is 0 Å². The Balaban J connectivity index is 1.17. The van der Waals surface area contributed by atoms with Crippen LogP contribution in [0.5, 0.6) is 0 Å². The molecule has 0 atom stereocenters. The molecule has 1 aromatic heterocycles. The number of benzene rings is 3. The van der Waals surface area contributed by atoms with Gasteiger partial charge in [0, 0.05) is 16.2 Å². The molecule has 0 saturated carbocycles. The molecule has 3 aromatic carbocycles. The molecule has 0 saturated heterocycles. The van der Waals surface area contributed by atoms with E-state index in [4.69, 9.17) is 4.98 Å². The molecule has 0 amide bonds. The highest BCUT2D eigenvalue weighted by Gasteiger charge is 2.11. The third kappa shape index (κ3) is 7.55. The van der Waals surface area contributed by atoms with Crippen LogP contribution in [0.4, 0.5) is 0 Å². The summed E-state index contributed by atoms with van der Waals surface area (Å²) in [6, 6.07) is 22.0. The lowest BCUT2D eigenvalue weighted by molar-refractivity contribution is 0.529. The highest BCUT2D eigenvalue weighted by atomic mass is 14.7. The minimum Gasteiger partial charge on any atom is -0.247 e. The fourth-order valence-corrected chi connectivity index (χ4v) is 5.83. The van der Waals surface area contributed by atoms with Crippen molar-refractivity contribution in [3.05, 3.63) is 66.2 Å². The fourth-order valence-electron chi connectivity index (χ4n) is 5.83. The van der Waals surface area contributed by atoms with E-state index in [0.29, 0.717) is 0 Å². The van der Waals surface area contributed by atoms with Crippen LogP contribution in [0.15, 0.2) is 60.7 Å². The summed E-state index contributed by atoms with van der Waals surface area (Å²) in [4.78, 5) is 5.09. The van der Waals surface area contributed by atoms with Crippen LogP contribution in [0.2, 0.25) is 0 Å². The molecule has 0 aliphatic heterocycles. The smallest absolute Gasteiger partial charge is 0.0790 e. The first-order valence-corrected chi connectivity index (χ1v) is 15.1. The van der Waals surface area contributed by atoms with Crippen molar-refractivity contribution < 1.29 is 0 Å². The maximum Gasteiger partial charge on any atom is 0.0790 e. The van der Waals surface area contributed by atoms with Crippen LogP contribution in [0.1, 0.15) is 115 Å². The lowest BCUT2D eigenvalue weighted by Gasteiger charge is -2.13. The molecule has 192 valence electrons. The molecule has 4 aromatic rings. The van der Waals surface area contributed by atoms with Crippen LogP contribution in [-0.2, 0) is 6.42 Å². The number of hydrogen-bond donors (Lipinski definition) is 0. The number of aryl methyl sites for hydroxylation is 1. The SMILES string of the molecule is CCCCCCCCCCCCCCCCCCc1c2ccccc2nc2c1ccc1ccccc12. The van der Waals surface area contributed by atoms with Gasteiger partial charge in [-0.25, -0.2) is 4.98 Å². The molecule has 36 heavy (non-hydrogen) atoms. The first-order chi connectivity index (χ1) is 17.9. The van der Waals surface area contributed by atoms with E-state index in [1.165, 1.54) is 135 Å². The monoisotopic (exact) mass is 481 g/mol. The minimum atomic E-state index is 1.13. The van der Waals surface area contributed by atoms with Crippen molar-refractivity contribution in [1.82, 2.24) is 4.98 Å². The zero-order chi connectivity index (χ0) is 24.8. The lowest BCUT2D eigenvalue weighted by Crippen LogP contribution is -1.94. The van der Waals surface area contributed by atoms with Gasteiger partial charge >= 0.3 is 0 Å². The van der Waals surface area contributed by atoms with Crippen molar-refractivity contribution in [2.45, 2.75) is 116 Å². The standard InChI is InChI=1S/C35H47N/c1-2-3-4-5-6-7-8-9-10-11-12-13-14-15-16-17-24-31-32-25-20-21-26-34(32)36-35-30-23-19-18-22-29(30)27-28-33(31)35/h18-23,25-28H,2-17,24H2,1H3. The number of rotatable bonds is 17. The summed E-state index contributed by atoms with van der Waals surface area (Å²) in [5.74, 6) is 0. The van der Waals surface area contributed by atoms with Gasteiger partial charge in [-0.15, -0.1) is 0 Å². The predicted octanol–water partition coefficient (Wildman–Crippen LogP) is 11.3. The first-order valence-electron chi connectivity index (χ1n) is 15.1. The molecule has 0 aliphatic rings. The molecule has 1 heterocycles. The van der Waals surface area contributed by atoms with Crippen LogP contribution in [0.25, 0.3) is 32.6 Å². The fraction of sp³-hybridized carbons (Fsp3) is 0.514. The Morgan fingerprint density at radius 3 is 1.64 bits per heavy atom. The molecule has 1 nitrogen and oxygen atoms in total. The van der Waals surface area contributed by atoms with Gasteiger partial charge in [0.2, 0.25) is 0 Å². The molecule has 0 N–H and O–H groups in total. The number of unbranched alkanes of at least 4 members (excludes halogenated alkanes) is 15. The summed E-state index contributed by atoms with van der Waals surface area (Å²) in [5, 5.41) is 5.23. The molecule has 0 radical (unpaired) electrons. The summed E-state index contributed by atoms with van der Waals surface area (Å²) < 4.78 is 0. The molecule has 4 rings (SSSR count). The summed E-state index contributed by atoms with van der Waals surface area (Å²) in [6.07, 6.45) is 23.8. The number of para-hydroxylation sites is 1. The summed E-state index contributed by atoms with van der Waals surface area (Å²) in [5.41, 5.74) is 3.79.